The van der Waals surface area contributed by atoms with Gasteiger partial charge < -0.3 is 5.11 Å². The predicted molar refractivity (Wildman–Crippen MR) is 98.1 cm³/mol. The lowest BCUT2D eigenvalue weighted by Gasteiger charge is -2.24. The van der Waals surface area contributed by atoms with Gasteiger partial charge in [-0.25, -0.2) is 4.79 Å². The van der Waals surface area contributed by atoms with Gasteiger partial charge in [-0.2, -0.15) is 13.9 Å². The summed E-state index contributed by atoms with van der Waals surface area (Å²) in [5, 5.41) is 21.1. The number of nitro benzene ring substituents is 1. The minimum Gasteiger partial charge on any atom is -0.478 e. The highest BCUT2D eigenvalue weighted by Crippen LogP contribution is 2.60. The molecule has 0 spiro atoms. The molecule has 0 aliphatic carbocycles. The quantitative estimate of drug-likeness (QED) is 0.460. The van der Waals surface area contributed by atoms with Gasteiger partial charge in [-0.3, -0.25) is 15.1 Å². The third-order valence-electron chi connectivity index (χ3n) is 4.19. The lowest BCUT2D eigenvalue weighted by Crippen LogP contribution is -2.28. The molecule has 9 nitrogen and oxygen atoms in total. The number of aromatic carboxylic acids is 1. The van der Waals surface area contributed by atoms with Crippen LogP contribution in [0.4, 0.5) is 5.69 Å². The van der Waals surface area contributed by atoms with E-state index in [4.69, 9.17) is 9.05 Å². The van der Waals surface area contributed by atoms with Crippen molar-refractivity contribution in [2.45, 2.75) is 20.3 Å². The summed E-state index contributed by atoms with van der Waals surface area (Å²) in [6.45, 7) is 3.67. The fraction of sp³-hybridized carbons (Fsp3) is 0.294. The number of pyridine rings is 1. The zero-order chi connectivity index (χ0) is 19.8. The molecule has 1 aliphatic rings. The molecule has 1 saturated heterocycles. The molecule has 10 heteroatoms. The second-order valence-corrected chi connectivity index (χ2v) is 8.04. The summed E-state index contributed by atoms with van der Waals surface area (Å²) in [5.74, 6) is -1.26. The number of carboxylic acid groups (broad SMARTS) is 1. The Bertz CT molecular complexity index is 926. The van der Waals surface area contributed by atoms with Crippen molar-refractivity contribution in [1.82, 2.24) is 4.98 Å². The van der Waals surface area contributed by atoms with Crippen LogP contribution in [0.2, 0.25) is 0 Å². The van der Waals surface area contributed by atoms with Gasteiger partial charge in [0.25, 0.3) is 5.69 Å². The third-order valence-corrected chi connectivity index (χ3v) is 6.37. The predicted octanol–water partition coefficient (Wildman–Crippen LogP) is 2.79. The van der Waals surface area contributed by atoms with Gasteiger partial charge in [-0.15, -0.1) is 0 Å². The van der Waals surface area contributed by atoms with Crippen molar-refractivity contribution in [3.63, 3.8) is 0 Å². The molecule has 0 unspecified atom stereocenters. The Morgan fingerprint density at radius 3 is 2.52 bits per heavy atom. The first-order valence-electron chi connectivity index (χ1n) is 8.15. The number of carboxylic acids is 1. The summed E-state index contributed by atoms with van der Waals surface area (Å²) in [6.07, 6.45) is 0.596. The van der Waals surface area contributed by atoms with Crippen LogP contribution in [0, 0.1) is 24.0 Å². The monoisotopic (exact) mass is 393 g/mol. The molecule has 2 heterocycles. The summed E-state index contributed by atoms with van der Waals surface area (Å²) < 4.78 is 11.0. The molecule has 27 heavy (non-hydrogen) atoms. The Hall–Kier alpha value is -2.45. The molecule has 142 valence electrons. The Kier molecular flexibility index (Phi) is 5.21. The number of nitrogens with zero attached hydrogens (tertiary/aromatic N) is 2. The maximum atomic E-state index is 12.0. The second kappa shape index (κ2) is 7.28. The summed E-state index contributed by atoms with van der Waals surface area (Å²) >= 11 is 0. The zero-order valence-electron chi connectivity index (χ0n) is 14.7. The first-order chi connectivity index (χ1) is 12.7. The molecule has 0 bridgehead atoms. The third kappa shape index (κ3) is 3.54. The first-order valence-corrected chi connectivity index (χ1v) is 9.73. The number of rotatable bonds is 4. The van der Waals surface area contributed by atoms with E-state index in [-0.39, 0.29) is 46.6 Å². The SMILES string of the molecule is Cc1nc(C)c([P+]2(O)OCCCO2)c(-c2cccc([N+](=O)[O-])c2)c1C(=O)O. The summed E-state index contributed by atoms with van der Waals surface area (Å²) in [7, 11) is -3.58. The van der Waals surface area contributed by atoms with E-state index in [2.05, 4.69) is 4.98 Å². The van der Waals surface area contributed by atoms with Gasteiger partial charge in [0.2, 0.25) is 5.30 Å². The molecule has 0 amide bonds. The molecule has 0 saturated carbocycles. The van der Waals surface area contributed by atoms with Gasteiger partial charge in [-0.05, 0) is 19.4 Å². The van der Waals surface area contributed by atoms with Gasteiger partial charge >= 0.3 is 13.9 Å². The van der Waals surface area contributed by atoms with Gasteiger partial charge in [-0.1, -0.05) is 12.1 Å². The van der Waals surface area contributed by atoms with Crippen molar-refractivity contribution in [2.75, 3.05) is 13.2 Å². The Labute approximate surface area is 155 Å². The number of non-ortho nitro benzene ring substituents is 1. The van der Waals surface area contributed by atoms with E-state index in [1.807, 2.05) is 0 Å². The fourth-order valence-corrected chi connectivity index (χ4v) is 5.17. The molecule has 1 fully saturated rings. The Morgan fingerprint density at radius 2 is 1.93 bits per heavy atom. The van der Waals surface area contributed by atoms with Crippen LogP contribution in [0.25, 0.3) is 11.1 Å². The van der Waals surface area contributed by atoms with Crippen LogP contribution >= 0.6 is 7.94 Å². The van der Waals surface area contributed by atoms with Crippen LogP contribution in [-0.2, 0) is 9.05 Å². The number of carbonyl (C=O) groups is 1. The fourth-order valence-electron chi connectivity index (χ4n) is 3.11. The van der Waals surface area contributed by atoms with Crippen LogP contribution in [0.3, 0.4) is 0 Å². The normalized spacial score (nSPS) is 16.1. The number of aryl methyl sites for hydroxylation is 2. The average Bonchev–Trinajstić information content (AvgIpc) is 2.61. The Morgan fingerprint density at radius 1 is 1.26 bits per heavy atom. The molecule has 0 radical (unpaired) electrons. The van der Waals surface area contributed by atoms with Gasteiger partial charge in [0, 0.05) is 18.6 Å². The minimum atomic E-state index is -3.58. The highest BCUT2D eigenvalue weighted by molar-refractivity contribution is 7.69. The second-order valence-electron chi connectivity index (χ2n) is 6.03. The summed E-state index contributed by atoms with van der Waals surface area (Å²) in [5.41, 5.74) is 0.649. The van der Waals surface area contributed by atoms with E-state index < -0.39 is 18.8 Å². The molecule has 3 rings (SSSR count). The van der Waals surface area contributed by atoms with Crippen LogP contribution in [-0.4, -0.2) is 39.1 Å². The number of aromatic nitrogens is 1. The van der Waals surface area contributed by atoms with Crippen molar-refractivity contribution in [2.24, 2.45) is 0 Å². The number of benzene rings is 1. The maximum Gasteiger partial charge on any atom is 0.448 e. The number of nitro groups is 1. The van der Waals surface area contributed by atoms with E-state index in [1.165, 1.54) is 25.1 Å². The molecule has 2 aromatic rings. The van der Waals surface area contributed by atoms with Gasteiger partial charge in [0.1, 0.15) is 13.2 Å². The smallest absolute Gasteiger partial charge is 0.448 e. The van der Waals surface area contributed by atoms with Crippen LogP contribution in [0.15, 0.2) is 24.3 Å². The molecule has 0 atom stereocenters. The summed E-state index contributed by atoms with van der Waals surface area (Å²) in [6, 6.07) is 5.58. The number of hydrogen-bond donors (Lipinski definition) is 2. The minimum absolute atomic E-state index is 0.133. The topological polar surface area (TPSA) is 132 Å². The van der Waals surface area contributed by atoms with E-state index in [0.717, 1.165) is 0 Å². The van der Waals surface area contributed by atoms with Crippen molar-refractivity contribution in [1.29, 1.82) is 0 Å². The average molecular weight is 393 g/mol. The van der Waals surface area contributed by atoms with Gasteiger partial charge in [0.05, 0.1) is 27.4 Å². The van der Waals surface area contributed by atoms with Crippen molar-refractivity contribution in [3.05, 3.63) is 51.3 Å². The van der Waals surface area contributed by atoms with E-state index in [9.17, 15) is 24.9 Å². The van der Waals surface area contributed by atoms with Crippen LogP contribution in [0.5, 0.6) is 0 Å². The molecular formula is C17H18N2O7P+. The largest absolute Gasteiger partial charge is 0.478 e. The van der Waals surface area contributed by atoms with E-state index in [1.54, 1.807) is 13.0 Å². The summed E-state index contributed by atoms with van der Waals surface area (Å²) in [4.78, 5) is 37.9. The van der Waals surface area contributed by atoms with E-state index in [0.29, 0.717) is 12.1 Å². The first kappa shape index (κ1) is 19.3. The van der Waals surface area contributed by atoms with Crippen molar-refractivity contribution in [3.8, 4) is 11.1 Å². The molecule has 1 aromatic heterocycles. The standard InChI is InChI=1S/C17H17N2O7P/c1-10-14(17(20)21)15(12-5-3-6-13(9-12)19(22)23)16(11(2)18-10)27(24)25-7-4-8-26-27/h3,5-6,9,24H,4,7-8H2,1-2H3/p+1. The maximum absolute atomic E-state index is 12.0. The highest BCUT2D eigenvalue weighted by Gasteiger charge is 2.51. The molecular weight excluding hydrogens is 375 g/mol. The molecule has 2 N–H and O–H groups in total. The molecule has 1 aromatic carbocycles. The lowest BCUT2D eigenvalue weighted by atomic mass is 9.97. The highest BCUT2D eigenvalue weighted by atomic mass is 31.2. The van der Waals surface area contributed by atoms with Crippen molar-refractivity contribution < 1.29 is 28.8 Å². The van der Waals surface area contributed by atoms with E-state index >= 15 is 0 Å². The van der Waals surface area contributed by atoms with Crippen molar-refractivity contribution >= 4 is 24.9 Å². The Balaban J connectivity index is 2.37. The van der Waals surface area contributed by atoms with Crippen LogP contribution < -0.4 is 5.30 Å². The number of hydrogen-bond acceptors (Lipinski definition) is 7. The van der Waals surface area contributed by atoms with Gasteiger partial charge in [0.15, 0.2) is 0 Å². The molecule has 1 aliphatic heterocycles. The zero-order valence-corrected chi connectivity index (χ0v) is 15.6. The van der Waals surface area contributed by atoms with Crippen LogP contribution in [0.1, 0.15) is 28.2 Å². The lowest BCUT2D eigenvalue weighted by molar-refractivity contribution is -0.384.